The van der Waals surface area contributed by atoms with Crippen molar-refractivity contribution in [2.24, 2.45) is 11.7 Å². The van der Waals surface area contributed by atoms with Crippen LogP contribution in [0.4, 0.5) is 4.79 Å². The highest BCUT2D eigenvalue weighted by atomic mass is 16.6. The lowest BCUT2D eigenvalue weighted by atomic mass is 10.2. The third kappa shape index (κ3) is 2.61. The number of hydrogen-bond acceptors (Lipinski definition) is 3. The van der Waals surface area contributed by atoms with Gasteiger partial charge >= 0.3 is 6.09 Å². The molecule has 0 spiro atoms. The van der Waals surface area contributed by atoms with E-state index in [4.69, 9.17) is 10.5 Å². The van der Waals surface area contributed by atoms with E-state index in [2.05, 4.69) is 0 Å². The second kappa shape index (κ2) is 3.64. The Morgan fingerprint density at radius 2 is 2.23 bits per heavy atom. The summed E-state index contributed by atoms with van der Waals surface area (Å²) in [6, 6.07) is -0.445. The number of carbonyl (C=O) groups excluding carboxylic acids is 2. The molecule has 0 saturated carbocycles. The number of nitrogens with two attached hydrogens (primary N) is 1. The van der Waals surface area contributed by atoms with Gasteiger partial charge in [0.15, 0.2) is 0 Å². The van der Waals surface area contributed by atoms with Gasteiger partial charge in [0.25, 0.3) is 0 Å². The Hall–Kier alpha value is -1.26. The molecule has 1 fully saturated rings. The molecule has 0 aromatic carbocycles. The van der Waals surface area contributed by atoms with Crippen molar-refractivity contribution >= 4 is 12.0 Å². The molecule has 2 N–H and O–H groups in total. The second-order valence-corrected chi connectivity index (χ2v) is 3.54. The fourth-order valence-electron chi connectivity index (χ4n) is 0.905. The van der Waals surface area contributed by atoms with Gasteiger partial charge in [-0.3, -0.25) is 9.69 Å². The van der Waals surface area contributed by atoms with Crippen LogP contribution in [0.25, 0.3) is 0 Å². The lowest BCUT2D eigenvalue weighted by Gasteiger charge is -2.07. The number of amides is 2. The minimum absolute atomic E-state index is 0.302. The molecule has 0 aliphatic carbocycles. The summed E-state index contributed by atoms with van der Waals surface area (Å²) < 4.78 is 4.89. The number of rotatable bonds is 3. The summed E-state index contributed by atoms with van der Waals surface area (Å²) in [4.78, 5) is 23.0. The molecule has 5 nitrogen and oxygen atoms in total. The summed E-state index contributed by atoms with van der Waals surface area (Å²) in [6.07, 6.45) is -0.447. The minimum atomic E-state index is -0.471. The zero-order chi connectivity index (χ0) is 10.0. The van der Waals surface area contributed by atoms with Gasteiger partial charge in [-0.15, -0.1) is 0 Å². The third-order valence-electron chi connectivity index (χ3n) is 1.72. The van der Waals surface area contributed by atoms with E-state index >= 15 is 0 Å². The highest BCUT2D eigenvalue weighted by molar-refractivity contribution is 5.89. The lowest BCUT2D eigenvalue weighted by molar-refractivity contribution is -0.118. The predicted octanol–water partition coefficient (Wildman–Crippen LogP) is -0.0515. The van der Waals surface area contributed by atoms with Crippen LogP contribution >= 0.6 is 0 Å². The molecule has 1 saturated heterocycles. The van der Waals surface area contributed by atoms with Crippen molar-refractivity contribution in [3.8, 4) is 0 Å². The van der Waals surface area contributed by atoms with Gasteiger partial charge in [0.2, 0.25) is 5.91 Å². The van der Waals surface area contributed by atoms with E-state index in [-0.39, 0.29) is 0 Å². The van der Waals surface area contributed by atoms with Gasteiger partial charge in [0, 0.05) is 0 Å². The molecule has 13 heavy (non-hydrogen) atoms. The molecule has 0 aromatic rings. The maximum Gasteiger partial charge on any atom is 0.410 e. The van der Waals surface area contributed by atoms with Crippen LogP contribution in [0.5, 0.6) is 0 Å². The zero-order valence-electron chi connectivity index (χ0n) is 7.82. The fourth-order valence-corrected chi connectivity index (χ4v) is 0.905. The second-order valence-electron chi connectivity index (χ2n) is 3.54. The quantitative estimate of drug-likeness (QED) is 0.628. The summed E-state index contributed by atoms with van der Waals surface area (Å²) in [6.45, 7) is 4.66. The van der Waals surface area contributed by atoms with Gasteiger partial charge in [-0.1, -0.05) is 13.8 Å². The molecule has 1 rings (SSSR count). The zero-order valence-corrected chi connectivity index (χ0v) is 7.82. The Morgan fingerprint density at radius 1 is 1.62 bits per heavy atom. The standard InChI is InChI=1S/C8H14N2O3/c1-5(2)4-13-8(12)10-3-6(10)7(9)11/h5-6H,3-4H2,1-2H3,(H2,9,11). The van der Waals surface area contributed by atoms with Crippen molar-refractivity contribution < 1.29 is 14.3 Å². The Morgan fingerprint density at radius 3 is 2.62 bits per heavy atom. The largest absolute Gasteiger partial charge is 0.449 e. The first-order valence-electron chi connectivity index (χ1n) is 4.25. The van der Waals surface area contributed by atoms with E-state index < -0.39 is 18.0 Å². The number of hydrogen-bond donors (Lipinski definition) is 1. The van der Waals surface area contributed by atoms with E-state index in [9.17, 15) is 9.59 Å². The van der Waals surface area contributed by atoms with E-state index in [0.717, 1.165) is 0 Å². The van der Waals surface area contributed by atoms with Gasteiger partial charge < -0.3 is 10.5 Å². The molecular formula is C8H14N2O3. The fraction of sp³-hybridized carbons (Fsp3) is 0.750. The van der Waals surface area contributed by atoms with Crippen LogP contribution < -0.4 is 5.73 Å². The molecule has 1 aliphatic rings. The first-order chi connectivity index (χ1) is 6.02. The summed E-state index contributed by atoms with van der Waals surface area (Å²) in [5.74, 6) is -0.169. The number of carbonyl (C=O) groups is 2. The summed E-state index contributed by atoms with van der Waals surface area (Å²) in [5.41, 5.74) is 4.99. The van der Waals surface area contributed by atoms with E-state index in [1.807, 2.05) is 13.8 Å². The molecule has 2 amide bonds. The highest BCUT2D eigenvalue weighted by Crippen LogP contribution is 2.18. The Balaban J connectivity index is 2.24. The summed E-state index contributed by atoms with van der Waals surface area (Å²) in [7, 11) is 0. The molecule has 0 aromatic heterocycles. The minimum Gasteiger partial charge on any atom is -0.449 e. The molecule has 74 valence electrons. The average Bonchev–Trinajstić information content (AvgIpc) is 2.78. The van der Waals surface area contributed by atoms with Crippen molar-refractivity contribution in [3.05, 3.63) is 0 Å². The SMILES string of the molecule is CC(C)COC(=O)N1CC1C(N)=O. The van der Waals surface area contributed by atoms with Crippen LogP contribution in [-0.2, 0) is 9.53 Å². The molecule has 1 aliphatic heterocycles. The Kier molecular flexibility index (Phi) is 2.75. The smallest absolute Gasteiger partial charge is 0.410 e. The average molecular weight is 186 g/mol. The van der Waals surface area contributed by atoms with E-state index in [1.165, 1.54) is 4.90 Å². The van der Waals surface area contributed by atoms with Gasteiger partial charge in [0.1, 0.15) is 6.04 Å². The first kappa shape index (κ1) is 9.83. The van der Waals surface area contributed by atoms with Gasteiger partial charge in [0.05, 0.1) is 13.2 Å². The van der Waals surface area contributed by atoms with Crippen LogP contribution in [0.1, 0.15) is 13.8 Å². The molecular weight excluding hydrogens is 172 g/mol. The Bertz CT molecular complexity index is 227. The lowest BCUT2D eigenvalue weighted by Crippen LogP contribution is -2.25. The van der Waals surface area contributed by atoms with Crippen molar-refractivity contribution in [1.29, 1.82) is 0 Å². The molecule has 0 radical (unpaired) electrons. The van der Waals surface area contributed by atoms with Crippen molar-refractivity contribution in [1.82, 2.24) is 4.90 Å². The predicted molar refractivity (Wildman–Crippen MR) is 45.9 cm³/mol. The van der Waals surface area contributed by atoms with Crippen LogP contribution in [0, 0.1) is 5.92 Å². The first-order valence-corrected chi connectivity index (χ1v) is 4.25. The number of ether oxygens (including phenoxy) is 1. The monoisotopic (exact) mass is 186 g/mol. The van der Waals surface area contributed by atoms with Gasteiger partial charge in [-0.25, -0.2) is 4.79 Å². The maximum absolute atomic E-state index is 11.1. The van der Waals surface area contributed by atoms with E-state index in [1.54, 1.807) is 0 Å². The Labute approximate surface area is 76.8 Å². The van der Waals surface area contributed by atoms with Gasteiger partial charge in [-0.2, -0.15) is 0 Å². The highest BCUT2D eigenvalue weighted by Gasteiger charge is 2.44. The van der Waals surface area contributed by atoms with Crippen LogP contribution in [0.2, 0.25) is 0 Å². The summed E-state index contributed by atoms with van der Waals surface area (Å²) >= 11 is 0. The normalized spacial score (nSPS) is 20.2. The van der Waals surface area contributed by atoms with Crippen molar-refractivity contribution in [2.45, 2.75) is 19.9 Å². The molecule has 1 heterocycles. The van der Waals surface area contributed by atoms with Crippen molar-refractivity contribution in [2.75, 3.05) is 13.2 Å². The van der Waals surface area contributed by atoms with Crippen LogP contribution in [0.3, 0.4) is 0 Å². The molecule has 1 atom stereocenters. The maximum atomic E-state index is 11.1. The topological polar surface area (TPSA) is 72.4 Å². The molecule has 0 bridgehead atoms. The van der Waals surface area contributed by atoms with E-state index in [0.29, 0.717) is 19.1 Å². The van der Waals surface area contributed by atoms with Gasteiger partial charge in [-0.05, 0) is 5.92 Å². The molecule has 5 heteroatoms. The molecule has 1 unspecified atom stereocenters. The number of nitrogens with zero attached hydrogens (tertiary/aromatic N) is 1. The third-order valence-corrected chi connectivity index (χ3v) is 1.72. The number of primary amides is 1. The van der Waals surface area contributed by atoms with Crippen molar-refractivity contribution in [3.63, 3.8) is 0 Å². The van der Waals surface area contributed by atoms with Crippen LogP contribution in [-0.4, -0.2) is 36.1 Å². The van der Waals surface area contributed by atoms with Crippen LogP contribution in [0.15, 0.2) is 0 Å². The summed E-state index contributed by atoms with van der Waals surface area (Å²) in [5, 5.41) is 0.